The summed E-state index contributed by atoms with van der Waals surface area (Å²) in [6.07, 6.45) is 0. The van der Waals surface area contributed by atoms with Crippen molar-refractivity contribution in [2.45, 2.75) is 0 Å². The largest absolute Gasteiger partial charge is 0.309 e. The number of benzene rings is 9. The van der Waals surface area contributed by atoms with Crippen LogP contribution in [0.25, 0.3) is 111 Å². The molecule has 3 aromatic heterocycles. The molecule has 0 bridgehead atoms. The lowest BCUT2D eigenvalue weighted by Gasteiger charge is -2.13. The minimum atomic E-state index is 0.703. The van der Waals surface area contributed by atoms with Gasteiger partial charge in [-0.05, 0) is 76.5 Å². The van der Waals surface area contributed by atoms with Gasteiger partial charge < -0.3 is 9.13 Å². The van der Waals surface area contributed by atoms with Gasteiger partial charge in [-0.25, -0.2) is 9.97 Å². The van der Waals surface area contributed by atoms with Crippen LogP contribution in [-0.2, 0) is 0 Å². The molecule has 0 aliphatic heterocycles. The highest BCUT2D eigenvalue weighted by molar-refractivity contribution is 6.29. The maximum atomic E-state index is 5.23. The normalized spacial score (nSPS) is 11.7. The third-order valence-corrected chi connectivity index (χ3v) is 11.9. The number of aromatic nitrogens is 4. The van der Waals surface area contributed by atoms with Crippen molar-refractivity contribution in [2.75, 3.05) is 0 Å². The van der Waals surface area contributed by atoms with E-state index in [-0.39, 0.29) is 0 Å². The quantitative estimate of drug-likeness (QED) is 0.169. The lowest BCUT2D eigenvalue weighted by Crippen LogP contribution is -1.97. The van der Waals surface area contributed by atoms with E-state index >= 15 is 0 Å². The fourth-order valence-corrected chi connectivity index (χ4v) is 9.20. The molecular weight excluding hydrogens is 729 g/mol. The van der Waals surface area contributed by atoms with Gasteiger partial charge in [-0.2, -0.15) is 0 Å². The van der Waals surface area contributed by atoms with Crippen LogP contribution in [0.2, 0.25) is 0 Å². The van der Waals surface area contributed by atoms with Gasteiger partial charge in [0, 0.05) is 49.6 Å². The average molecular weight is 765 g/mol. The van der Waals surface area contributed by atoms with E-state index in [2.05, 4.69) is 203 Å². The topological polar surface area (TPSA) is 35.6 Å². The van der Waals surface area contributed by atoms with E-state index in [4.69, 9.17) is 9.97 Å². The maximum absolute atomic E-state index is 5.23. The summed E-state index contributed by atoms with van der Waals surface area (Å²) in [5, 5.41) is 7.31. The van der Waals surface area contributed by atoms with Crippen molar-refractivity contribution in [2.24, 2.45) is 0 Å². The van der Waals surface area contributed by atoms with Crippen LogP contribution in [0.5, 0.6) is 0 Å². The molecule has 0 amide bonds. The van der Waals surface area contributed by atoms with E-state index in [0.717, 1.165) is 50.2 Å². The Bertz CT molecular complexity index is 3570. The maximum Gasteiger partial charge on any atom is 0.160 e. The minimum absolute atomic E-state index is 0.703. The Morgan fingerprint density at radius 3 is 1.50 bits per heavy atom. The zero-order chi connectivity index (χ0) is 39.6. The van der Waals surface area contributed by atoms with Crippen molar-refractivity contribution >= 4 is 54.4 Å². The Morgan fingerprint density at radius 2 is 0.833 bits per heavy atom. The average Bonchev–Trinajstić information content (AvgIpc) is 3.85. The standard InChI is InChI=1S/C56H36N4/c1-4-15-37(16-5-1)38-27-29-39(30-28-38)48-36-49(58-56(57-48)40-17-6-2-7-18-40)45-24-14-19-41-35-43(31-32-44(41)45)60-51-26-13-11-23-47(51)55-53(60)34-33-52-54(55)46-22-10-12-25-50(46)59(52)42-20-8-3-9-21-42/h1-36H. The molecule has 0 radical (unpaired) electrons. The second kappa shape index (κ2) is 13.8. The summed E-state index contributed by atoms with van der Waals surface area (Å²) in [7, 11) is 0. The van der Waals surface area contributed by atoms with Gasteiger partial charge in [0.2, 0.25) is 0 Å². The summed E-state index contributed by atoms with van der Waals surface area (Å²) in [6.45, 7) is 0. The predicted molar refractivity (Wildman–Crippen MR) is 250 cm³/mol. The monoisotopic (exact) mass is 764 g/mol. The molecule has 12 aromatic rings. The van der Waals surface area contributed by atoms with Crippen LogP contribution in [0.4, 0.5) is 0 Å². The predicted octanol–water partition coefficient (Wildman–Crippen LogP) is 14.5. The molecule has 60 heavy (non-hydrogen) atoms. The first kappa shape index (κ1) is 34.0. The van der Waals surface area contributed by atoms with E-state index in [0.29, 0.717) is 5.82 Å². The number of fused-ring (bicyclic) bond motifs is 8. The number of nitrogens with zero attached hydrogens (tertiary/aromatic N) is 4. The zero-order valence-electron chi connectivity index (χ0n) is 32.6. The molecule has 12 rings (SSSR count). The number of hydrogen-bond donors (Lipinski definition) is 0. The van der Waals surface area contributed by atoms with Crippen LogP contribution in [0, 0.1) is 0 Å². The van der Waals surface area contributed by atoms with Gasteiger partial charge >= 0.3 is 0 Å². The van der Waals surface area contributed by atoms with Gasteiger partial charge in [0.25, 0.3) is 0 Å². The van der Waals surface area contributed by atoms with Crippen molar-refractivity contribution in [1.82, 2.24) is 19.1 Å². The second-order valence-corrected chi connectivity index (χ2v) is 15.4. The van der Waals surface area contributed by atoms with Gasteiger partial charge in [0.05, 0.1) is 33.5 Å². The Morgan fingerprint density at radius 1 is 0.300 bits per heavy atom. The van der Waals surface area contributed by atoms with Crippen molar-refractivity contribution in [1.29, 1.82) is 0 Å². The van der Waals surface area contributed by atoms with E-state index in [9.17, 15) is 0 Å². The molecule has 0 saturated heterocycles. The van der Waals surface area contributed by atoms with Gasteiger partial charge in [0.15, 0.2) is 5.82 Å². The van der Waals surface area contributed by atoms with Gasteiger partial charge in [-0.3, -0.25) is 0 Å². The number of para-hydroxylation sites is 3. The Kier molecular flexibility index (Phi) is 7.82. The highest BCUT2D eigenvalue weighted by atomic mass is 15.0. The molecule has 3 heterocycles. The van der Waals surface area contributed by atoms with Crippen LogP contribution in [0.15, 0.2) is 218 Å². The number of rotatable bonds is 6. The van der Waals surface area contributed by atoms with Crippen LogP contribution in [-0.4, -0.2) is 19.1 Å². The Balaban J connectivity index is 1.03. The highest BCUT2D eigenvalue weighted by Gasteiger charge is 2.21. The van der Waals surface area contributed by atoms with E-state index in [1.165, 1.54) is 54.7 Å². The van der Waals surface area contributed by atoms with E-state index < -0.39 is 0 Å². The summed E-state index contributed by atoms with van der Waals surface area (Å²) in [5.74, 6) is 0.703. The smallest absolute Gasteiger partial charge is 0.160 e. The van der Waals surface area contributed by atoms with Crippen LogP contribution in [0.1, 0.15) is 0 Å². The molecular formula is C56H36N4. The Labute approximate surface area is 346 Å². The molecule has 0 aliphatic rings. The molecule has 0 spiro atoms. The van der Waals surface area contributed by atoms with Crippen molar-refractivity contribution in [3.8, 4) is 56.4 Å². The van der Waals surface area contributed by atoms with Gasteiger partial charge in [-0.15, -0.1) is 0 Å². The molecule has 4 heteroatoms. The summed E-state index contributed by atoms with van der Waals surface area (Å²) < 4.78 is 4.83. The van der Waals surface area contributed by atoms with Crippen LogP contribution >= 0.6 is 0 Å². The third-order valence-electron chi connectivity index (χ3n) is 11.9. The van der Waals surface area contributed by atoms with Crippen molar-refractivity contribution in [3.05, 3.63) is 218 Å². The SMILES string of the molecule is c1ccc(-c2ccc(-c3cc(-c4cccc5cc(-n6c7ccccc7c7c8c9ccccc9n(-c9ccccc9)c8ccc76)ccc45)nc(-c4ccccc4)n3)cc2)cc1. The molecule has 0 aliphatic carbocycles. The summed E-state index contributed by atoms with van der Waals surface area (Å²) in [5.41, 5.74) is 14.3. The second-order valence-electron chi connectivity index (χ2n) is 15.4. The zero-order valence-corrected chi connectivity index (χ0v) is 32.6. The third kappa shape index (κ3) is 5.46. The summed E-state index contributed by atoms with van der Waals surface area (Å²) in [6, 6.07) is 77.9. The Hall–Kier alpha value is -8.08. The molecule has 0 saturated carbocycles. The van der Waals surface area contributed by atoms with E-state index in [1.807, 2.05) is 24.3 Å². The van der Waals surface area contributed by atoms with Crippen molar-refractivity contribution < 1.29 is 0 Å². The summed E-state index contributed by atoms with van der Waals surface area (Å²) in [4.78, 5) is 10.4. The van der Waals surface area contributed by atoms with E-state index in [1.54, 1.807) is 0 Å². The molecule has 0 fully saturated rings. The summed E-state index contributed by atoms with van der Waals surface area (Å²) >= 11 is 0. The first-order valence-electron chi connectivity index (χ1n) is 20.4. The fourth-order valence-electron chi connectivity index (χ4n) is 9.20. The van der Waals surface area contributed by atoms with Gasteiger partial charge in [0.1, 0.15) is 0 Å². The molecule has 0 unspecified atom stereocenters. The number of hydrogen-bond acceptors (Lipinski definition) is 2. The van der Waals surface area contributed by atoms with Gasteiger partial charge in [-0.1, -0.05) is 164 Å². The first-order chi connectivity index (χ1) is 29.8. The molecule has 9 aromatic carbocycles. The lowest BCUT2D eigenvalue weighted by atomic mass is 9.99. The van der Waals surface area contributed by atoms with Crippen LogP contribution in [0.3, 0.4) is 0 Å². The van der Waals surface area contributed by atoms with Crippen molar-refractivity contribution in [3.63, 3.8) is 0 Å². The molecule has 4 nitrogen and oxygen atoms in total. The molecule has 280 valence electrons. The minimum Gasteiger partial charge on any atom is -0.309 e. The highest BCUT2D eigenvalue weighted by Crippen LogP contribution is 2.43. The molecule has 0 atom stereocenters. The van der Waals surface area contributed by atoms with Crippen LogP contribution < -0.4 is 0 Å². The fraction of sp³-hybridized carbons (Fsp3) is 0. The molecule has 0 N–H and O–H groups in total. The lowest BCUT2D eigenvalue weighted by molar-refractivity contribution is 1.17. The first-order valence-corrected chi connectivity index (χ1v) is 20.4.